The molecule has 0 aromatic rings. The molecule has 0 rings (SSSR count). The first-order chi connectivity index (χ1) is 4.77. The van der Waals surface area contributed by atoms with Gasteiger partial charge in [-0.1, -0.05) is 37.0 Å². The minimum absolute atomic E-state index is 0.108. The molecule has 0 aromatic carbocycles. The summed E-state index contributed by atoms with van der Waals surface area (Å²) in [7, 11) is -2.27. The summed E-state index contributed by atoms with van der Waals surface area (Å²) < 4.78 is 19.9. The number of allylic oxidation sites excluding steroid dienone is 4. The maximum atomic E-state index is 9.97. The molecule has 0 aliphatic carbocycles. The van der Waals surface area contributed by atoms with Crippen LogP contribution in [0.1, 0.15) is 0 Å². The van der Waals surface area contributed by atoms with Crippen molar-refractivity contribution in [3.05, 3.63) is 37.0 Å². The SMILES string of the molecule is C=C/C=C\C=C/C[SH](=O)=O. The average molecular weight is 158 g/mol. The minimum atomic E-state index is -2.27. The third-order valence-electron chi connectivity index (χ3n) is 0.749. The summed E-state index contributed by atoms with van der Waals surface area (Å²) in [5.74, 6) is 0.108. The van der Waals surface area contributed by atoms with Crippen LogP contribution in [0.15, 0.2) is 37.0 Å². The Morgan fingerprint density at radius 3 is 2.40 bits per heavy atom. The lowest BCUT2D eigenvalue weighted by Gasteiger charge is -1.73. The molecule has 0 aliphatic rings. The summed E-state index contributed by atoms with van der Waals surface area (Å²) in [6.45, 7) is 3.45. The third-order valence-corrected chi connectivity index (χ3v) is 1.26. The molecule has 0 spiro atoms. The zero-order chi connectivity index (χ0) is 7.82. The van der Waals surface area contributed by atoms with Crippen LogP contribution in [0.5, 0.6) is 0 Å². The highest BCUT2D eigenvalue weighted by molar-refractivity contribution is 7.72. The summed E-state index contributed by atoms with van der Waals surface area (Å²) in [4.78, 5) is 0. The summed E-state index contributed by atoms with van der Waals surface area (Å²) in [6.07, 6.45) is 8.33. The first-order valence-electron chi connectivity index (χ1n) is 2.83. The van der Waals surface area contributed by atoms with E-state index >= 15 is 0 Å². The number of hydrogen-bond acceptors (Lipinski definition) is 2. The van der Waals surface area contributed by atoms with Crippen molar-refractivity contribution >= 4 is 10.7 Å². The Kier molecular flexibility index (Phi) is 5.77. The van der Waals surface area contributed by atoms with Gasteiger partial charge in [-0.15, -0.1) is 0 Å². The summed E-state index contributed by atoms with van der Waals surface area (Å²) in [5, 5.41) is 0. The highest BCUT2D eigenvalue weighted by atomic mass is 32.2. The lowest BCUT2D eigenvalue weighted by molar-refractivity contribution is 0.617. The van der Waals surface area contributed by atoms with Gasteiger partial charge in [-0.2, -0.15) is 0 Å². The van der Waals surface area contributed by atoms with E-state index in [9.17, 15) is 8.42 Å². The lowest BCUT2D eigenvalue weighted by atomic mass is 10.4. The van der Waals surface area contributed by atoms with Crippen molar-refractivity contribution in [1.82, 2.24) is 0 Å². The van der Waals surface area contributed by atoms with Crippen LogP contribution in [0.3, 0.4) is 0 Å². The second-order valence-corrected chi connectivity index (χ2v) is 2.59. The fourth-order valence-electron chi connectivity index (χ4n) is 0.368. The second kappa shape index (κ2) is 6.29. The van der Waals surface area contributed by atoms with Gasteiger partial charge in [0.05, 0.1) is 5.75 Å². The molecule has 0 aromatic heterocycles. The Morgan fingerprint density at radius 2 is 1.90 bits per heavy atom. The van der Waals surface area contributed by atoms with Crippen molar-refractivity contribution < 1.29 is 8.42 Å². The van der Waals surface area contributed by atoms with Crippen LogP contribution >= 0.6 is 0 Å². The van der Waals surface area contributed by atoms with Crippen molar-refractivity contribution in [2.45, 2.75) is 0 Å². The Hall–Kier alpha value is -0.830. The lowest BCUT2D eigenvalue weighted by Crippen LogP contribution is -1.78. The molecule has 0 bridgehead atoms. The van der Waals surface area contributed by atoms with E-state index in [1.807, 2.05) is 0 Å². The molecule has 10 heavy (non-hydrogen) atoms. The molecule has 0 atom stereocenters. The van der Waals surface area contributed by atoms with Crippen LogP contribution in [-0.2, 0) is 10.7 Å². The zero-order valence-electron chi connectivity index (χ0n) is 5.56. The standard InChI is InChI=1S/C7H10O2S/c1-2-3-4-5-6-7-10(8)9/h2-6,10H,1,7H2/b4-3-,6-5-. The van der Waals surface area contributed by atoms with Gasteiger partial charge in [0.2, 0.25) is 0 Å². The van der Waals surface area contributed by atoms with E-state index < -0.39 is 10.7 Å². The van der Waals surface area contributed by atoms with Crippen LogP contribution in [0.4, 0.5) is 0 Å². The predicted molar refractivity (Wildman–Crippen MR) is 43.7 cm³/mol. The van der Waals surface area contributed by atoms with Crippen LogP contribution in [0, 0.1) is 0 Å². The van der Waals surface area contributed by atoms with Crippen LogP contribution < -0.4 is 0 Å². The average Bonchev–Trinajstić information content (AvgIpc) is 1.87. The topological polar surface area (TPSA) is 34.1 Å². The van der Waals surface area contributed by atoms with Crippen molar-refractivity contribution in [3.8, 4) is 0 Å². The van der Waals surface area contributed by atoms with Gasteiger partial charge in [-0.25, -0.2) is 8.42 Å². The quantitative estimate of drug-likeness (QED) is 0.487. The number of thiol groups is 1. The molecule has 0 saturated carbocycles. The fourth-order valence-corrected chi connectivity index (χ4v) is 0.662. The van der Waals surface area contributed by atoms with Gasteiger partial charge in [0.1, 0.15) is 10.7 Å². The monoisotopic (exact) mass is 158 g/mol. The van der Waals surface area contributed by atoms with E-state index in [2.05, 4.69) is 6.58 Å². The molecular formula is C7H10O2S. The highest BCUT2D eigenvalue weighted by Gasteiger charge is 1.74. The maximum absolute atomic E-state index is 9.97. The van der Waals surface area contributed by atoms with Crippen molar-refractivity contribution in [2.75, 3.05) is 5.75 Å². The van der Waals surface area contributed by atoms with Gasteiger partial charge in [0, 0.05) is 0 Å². The Labute approximate surface area is 62.5 Å². The van der Waals surface area contributed by atoms with Gasteiger partial charge in [0.15, 0.2) is 0 Å². The van der Waals surface area contributed by atoms with Crippen LogP contribution in [0.2, 0.25) is 0 Å². The van der Waals surface area contributed by atoms with Crippen molar-refractivity contribution in [2.24, 2.45) is 0 Å². The second-order valence-electron chi connectivity index (χ2n) is 1.56. The maximum Gasteiger partial charge on any atom is 0.143 e. The zero-order valence-corrected chi connectivity index (χ0v) is 6.46. The third kappa shape index (κ3) is 7.17. The van der Waals surface area contributed by atoms with Gasteiger partial charge in [0.25, 0.3) is 0 Å². The van der Waals surface area contributed by atoms with E-state index in [0.717, 1.165) is 0 Å². The summed E-state index contributed by atoms with van der Waals surface area (Å²) >= 11 is 0. The number of hydrogen-bond donors (Lipinski definition) is 1. The van der Waals surface area contributed by atoms with E-state index in [-0.39, 0.29) is 5.75 Å². The van der Waals surface area contributed by atoms with Crippen LogP contribution in [-0.4, -0.2) is 14.2 Å². The van der Waals surface area contributed by atoms with Crippen molar-refractivity contribution in [3.63, 3.8) is 0 Å². The van der Waals surface area contributed by atoms with Crippen molar-refractivity contribution in [1.29, 1.82) is 0 Å². The van der Waals surface area contributed by atoms with E-state index in [0.29, 0.717) is 0 Å². The molecule has 0 fully saturated rings. The molecule has 3 heteroatoms. The molecule has 0 radical (unpaired) electrons. The molecule has 0 aliphatic heterocycles. The first-order valence-corrected chi connectivity index (χ1v) is 4.19. The summed E-state index contributed by atoms with van der Waals surface area (Å²) in [6, 6.07) is 0. The molecule has 0 heterocycles. The van der Waals surface area contributed by atoms with Gasteiger partial charge in [-0.05, 0) is 0 Å². The van der Waals surface area contributed by atoms with E-state index in [1.165, 1.54) is 0 Å². The smallest absolute Gasteiger partial charge is 0.143 e. The van der Waals surface area contributed by atoms with Gasteiger partial charge in [-0.3, -0.25) is 0 Å². The fraction of sp³-hybridized carbons (Fsp3) is 0.143. The first kappa shape index (κ1) is 9.17. The molecule has 56 valence electrons. The molecular weight excluding hydrogens is 148 g/mol. The number of rotatable bonds is 4. The van der Waals surface area contributed by atoms with Gasteiger partial charge < -0.3 is 0 Å². The normalized spacial score (nSPS) is 11.7. The highest BCUT2D eigenvalue weighted by Crippen LogP contribution is 1.77. The van der Waals surface area contributed by atoms with E-state index in [4.69, 9.17) is 0 Å². The minimum Gasteiger partial charge on any atom is -0.232 e. The summed E-state index contributed by atoms with van der Waals surface area (Å²) in [5.41, 5.74) is 0. The predicted octanol–water partition coefficient (Wildman–Crippen LogP) is 0.896. The Balaban J connectivity index is 3.56. The molecule has 0 unspecified atom stereocenters. The van der Waals surface area contributed by atoms with Gasteiger partial charge >= 0.3 is 0 Å². The molecule has 0 N–H and O–H groups in total. The largest absolute Gasteiger partial charge is 0.232 e. The Morgan fingerprint density at radius 1 is 1.20 bits per heavy atom. The molecule has 0 amide bonds. The van der Waals surface area contributed by atoms with Crippen LogP contribution in [0.25, 0.3) is 0 Å². The Bertz CT molecular complexity index is 204. The molecule has 0 saturated heterocycles. The molecule has 2 nitrogen and oxygen atoms in total. The van der Waals surface area contributed by atoms with E-state index in [1.54, 1.807) is 30.4 Å².